The van der Waals surface area contributed by atoms with Crippen molar-refractivity contribution in [2.45, 2.75) is 31.5 Å². The first-order chi connectivity index (χ1) is 13.6. The van der Waals surface area contributed by atoms with Gasteiger partial charge in [0.05, 0.1) is 25.3 Å². The standard InChI is InChI=1S/C22H21F2NO3/c23-20-7-6-16(11-21(20)24)8-17-9-18-13-27-14-19(10-17)25(18)22(26)28-12-15-4-2-1-3-5-15/h1-7,9,11,18-19H,8,10,12-14H2. The van der Waals surface area contributed by atoms with Gasteiger partial charge < -0.3 is 9.47 Å². The van der Waals surface area contributed by atoms with Crippen LogP contribution in [0.25, 0.3) is 0 Å². The van der Waals surface area contributed by atoms with Gasteiger partial charge >= 0.3 is 6.09 Å². The molecule has 2 aliphatic rings. The molecule has 0 N–H and O–H groups in total. The van der Waals surface area contributed by atoms with E-state index in [9.17, 15) is 13.6 Å². The largest absolute Gasteiger partial charge is 0.445 e. The molecular weight excluding hydrogens is 364 g/mol. The van der Waals surface area contributed by atoms with Gasteiger partial charge in [0, 0.05) is 0 Å². The summed E-state index contributed by atoms with van der Waals surface area (Å²) in [6.07, 6.45) is 2.78. The molecule has 0 saturated carbocycles. The van der Waals surface area contributed by atoms with E-state index in [0.29, 0.717) is 31.6 Å². The maximum atomic E-state index is 13.5. The topological polar surface area (TPSA) is 38.8 Å². The Morgan fingerprint density at radius 3 is 2.64 bits per heavy atom. The van der Waals surface area contributed by atoms with E-state index in [4.69, 9.17) is 9.47 Å². The lowest BCUT2D eigenvalue weighted by atomic mass is 9.90. The second kappa shape index (κ2) is 8.10. The van der Waals surface area contributed by atoms with Crippen LogP contribution in [0.5, 0.6) is 0 Å². The van der Waals surface area contributed by atoms with Crippen molar-refractivity contribution in [2.24, 2.45) is 0 Å². The number of nitrogens with zero attached hydrogens (tertiary/aromatic N) is 1. The van der Waals surface area contributed by atoms with Gasteiger partial charge in [-0.1, -0.05) is 48.0 Å². The van der Waals surface area contributed by atoms with E-state index in [1.54, 1.807) is 11.0 Å². The Kier molecular flexibility index (Phi) is 5.39. The molecule has 0 aromatic heterocycles. The number of ether oxygens (including phenoxy) is 2. The summed E-state index contributed by atoms with van der Waals surface area (Å²) in [7, 11) is 0. The fourth-order valence-electron chi connectivity index (χ4n) is 3.81. The highest BCUT2D eigenvalue weighted by Gasteiger charge is 2.38. The van der Waals surface area contributed by atoms with Gasteiger partial charge in [0.15, 0.2) is 11.6 Å². The number of rotatable bonds is 4. The molecule has 2 aromatic carbocycles. The Hall–Kier alpha value is -2.73. The Bertz CT molecular complexity index is 885. The minimum absolute atomic E-state index is 0.118. The van der Waals surface area contributed by atoms with Crippen molar-refractivity contribution >= 4 is 6.09 Å². The van der Waals surface area contributed by atoms with Crippen molar-refractivity contribution in [2.75, 3.05) is 13.2 Å². The van der Waals surface area contributed by atoms with Gasteiger partial charge in [-0.2, -0.15) is 0 Å². The molecule has 1 saturated heterocycles. The summed E-state index contributed by atoms with van der Waals surface area (Å²) in [4.78, 5) is 14.4. The normalized spacial score (nSPS) is 21.2. The van der Waals surface area contributed by atoms with Crippen LogP contribution < -0.4 is 0 Å². The van der Waals surface area contributed by atoms with E-state index >= 15 is 0 Å². The number of benzene rings is 2. The molecule has 6 heteroatoms. The Morgan fingerprint density at radius 2 is 1.89 bits per heavy atom. The number of halogens is 2. The highest BCUT2D eigenvalue weighted by Crippen LogP contribution is 2.30. The summed E-state index contributed by atoms with van der Waals surface area (Å²) >= 11 is 0. The van der Waals surface area contributed by atoms with Gasteiger partial charge in [-0.15, -0.1) is 0 Å². The van der Waals surface area contributed by atoms with Crippen molar-refractivity contribution in [1.29, 1.82) is 0 Å². The van der Waals surface area contributed by atoms with Gasteiger partial charge in [-0.3, -0.25) is 4.90 Å². The third-order valence-corrected chi connectivity index (χ3v) is 5.11. The molecule has 0 spiro atoms. The maximum absolute atomic E-state index is 13.5. The third-order valence-electron chi connectivity index (χ3n) is 5.11. The third kappa shape index (κ3) is 4.07. The lowest BCUT2D eigenvalue weighted by molar-refractivity contribution is -0.0374. The van der Waals surface area contributed by atoms with E-state index < -0.39 is 11.6 Å². The number of carbonyl (C=O) groups is 1. The molecule has 2 bridgehead atoms. The zero-order valence-electron chi connectivity index (χ0n) is 15.3. The van der Waals surface area contributed by atoms with E-state index in [0.717, 1.165) is 17.2 Å². The summed E-state index contributed by atoms with van der Waals surface area (Å²) in [5, 5.41) is 0. The summed E-state index contributed by atoms with van der Waals surface area (Å²) in [5.41, 5.74) is 2.74. The molecule has 2 atom stereocenters. The highest BCUT2D eigenvalue weighted by atomic mass is 19.2. The van der Waals surface area contributed by atoms with E-state index in [1.807, 2.05) is 36.4 Å². The van der Waals surface area contributed by atoms with Crippen molar-refractivity contribution < 1.29 is 23.0 Å². The van der Waals surface area contributed by atoms with E-state index in [1.165, 1.54) is 6.07 Å². The van der Waals surface area contributed by atoms with Crippen molar-refractivity contribution in [1.82, 2.24) is 4.90 Å². The highest BCUT2D eigenvalue weighted by molar-refractivity contribution is 5.69. The molecule has 0 radical (unpaired) electrons. The molecule has 28 heavy (non-hydrogen) atoms. The average Bonchev–Trinajstić information content (AvgIpc) is 2.69. The smallest absolute Gasteiger partial charge is 0.411 e. The van der Waals surface area contributed by atoms with Crippen LogP contribution >= 0.6 is 0 Å². The zero-order chi connectivity index (χ0) is 19.5. The first-order valence-electron chi connectivity index (χ1n) is 9.30. The Morgan fingerprint density at radius 1 is 1.07 bits per heavy atom. The van der Waals surface area contributed by atoms with Gasteiger partial charge in [-0.25, -0.2) is 13.6 Å². The number of carbonyl (C=O) groups excluding carboxylic acids is 1. The summed E-state index contributed by atoms with van der Waals surface area (Å²) in [6, 6.07) is 13.2. The molecule has 2 heterocycles. The van der Waals surface area contributed by atoms with Crippen LogP contribution in [0.2, 0.25) is 0 Å². The number of fused-ring (bicyclic) bond motifs is 2. The summed E-state index contributed by atoms with van der Waals surface area (Å²) in [6.45, 7) is 1.06. The van der Waals surface area contributed by atoms with Crippen molar-refractivity contribution in [3.05, 3.63) is 82.9 Å². The quantitative estimate of drug-likeness (QED) is 0.739. The van der Waals surface area contributed by atoms with Crippen molar-refractivity contribution in [3.63, 3.8) is 0 Å². The van der Waals surface area contributed by atoms with Crippen LogP contribution in [0.15, 0.2) is 60.2 Å². The summed E-state index contributed by atoms with van der Waals surface area (Å²) in [5.74, 6) is -1.69. The lowest BCUT2D eigenvalue weighted by Gasteiger charge is -2.43. The van der Waals surface area contributed by atoms with Crippen molar-refractivity contribution in [3.8, 4) is 0 Å². The molecule has 1 amide bonds. The number of amides is 1. The minimum Gasteiger partial charge on any atom is -0.445 e. The van der Waals surface area contributed by atoms with E-state index in [2.05, 4.69) is 0 Å². The second-order valence-electron chi connectivity index (χ2n) is 7.16. The van der Waals surface area contributed by atoms with Crippen LogP contribution in [0.1, 0.15) is 17.5 Å². The van der Waals surface area contributed by atoms with Crippen LogP contribution in [0.4, 0.5) is 13.6 Å². The molecule has 146 valence electrons. The monoisotopic (exact) mass is 385 g/mol. The predicted molar refractivity (Wildman–Crippen MR) is 99.6 cm³/mol. The Balaban J connectivity index is 1.44. The number of hydrogen-bond donors (Lipinski definition) is 0. The molecule has 4 rings (SSSR count). The Labute approximate surface area is 162 Å². The fourth-order valence-corrected chi connectivity index (χ4v) is 3.81. The summed E-state index contributed by atoms with van der Waals surface area (Å²) < 4.78 is 37.7. The van der Waals surface area contributed by atoms with Gasteiger partial charge in [-0.05, 0) is 36.1 Å². The predicted octanol–water partition coefficient (Wildman–Crippen LogP) is 4.24. The molecular formula is C22H21F2NO3. The van der Waals surface area contributed by atoms with Crippen LogP contribution in [0, 0.1) is 11.6 Å². The van der Waals surface area contributed by atoms with Crippen LogP contribution in [-0.2, 0) is 22.5 Å². The maximum Gasteiger partial charge on any atom is 0.411 e. The SMILES string of the molecule is O=C(OCc1ccccc1)N1C2C=C(Cc3ccc(F)c(F)c3)CC1COC2. The fraction of sp³-hybridized carbons (Fsp3) is 0.318. The number of morpholine rings is 1. The van der Waals surface area contributed by atoms with E-state index in [-0.39, 0.29) is 24.8 Å². The first-order valence-corrected chi connectivity index (χ1v) is 9.30. The molecule has 2 unspecified atom stereocenters. The minimum atomic E-state index is -0.848. The van der Waals surface area contributed by atoms with Gasteiger partial charge in [0.25, 0.3) is 0 Å². The molecule has 1 fully saturated rings. The molecule has 0 aliphatic carbocycles. The second-order valence-corrected chi connectivity index (χ2v) is 7.16. The lowest BCUT2D eigenvalue weighted by Crippen LogP contribution is -2.56. The van der Waals surface area contributed by atoms with Crippen LogP contribution in [0.3, 0.4) is 0 Å². The molecule has 2 aliphatic heterocycles. The van der Waals surface area contributed by atoms with Crippen LogP contribution in [-0.4, -0.2) is 36.3 Å². The first kappa shape index (κ1) is 18.6. The number of hydrogen-bond acceptors (Lipinski definition) is 3. The van der Waals surface area contributed by atoms with Gasteiger partial charge in [0.1, 0.15) is 6.61 Å². The molecule has 4 nitrogen and oxygen atoms in total. The van der Waals surface area contributed by atoms with Gasteiger partial charge in [0.2, 0.25) is 0 Å². The zero-order valence-corrected chi connectivity index (χ0v) is 15.3. The average molecular weight is 385 g/mol. The molecule has 2 aromatic rings.